The number of hydrogen-bond donors (Lipinski definition) is 1. The molecule has 2 nitrogen and oxygen atoms in total. The number of pyridine rings is 1. The van der Waals surface area contributed by atoms with Gasteiger partial charge in [0.2, 0.25) is 0 Å². The largest absolute Gasteiger partial charge is 0.305 e. The van der Waals surface area contributed by atoms with Crippen molar-refractivity contribution >= 4 is 43.6 Å². The average molecular weight is 416 g/mol. The number of halogens is 2. The third-order valence-electron chi connectivity index (χ3n) is 3.08. The number of nitrogens with one attached hydrogen (secondary N) is 1. The summed E-state index contributed by atoms with van der Waals surface area (Å²) in [6.45, 7) is 2.90. The summed E-state index contributed by atoms with van der Waals surface area (Å²) in [6, 6.07) is 11.0. The van der Waals surface area contributed by atoms with E-state index in [0.29, 0.717) is 6.04 Å². The van der Waals surface area contributed by atoms with Crippen LogP contribution in [0.15, 0.2) is 50.4 Å². The maximum Gasteiger partial charge on any atom is 0.0684 e. The predicted molar refractivity (Wildman–Crippen MR) is 93.1 cm³/mol. The molecule has 1 aromatic carbocycles. The smallest absolute Gasteiger partial charge is 0.0684 e. The molecule has 0 radical (unpaired) electrons. The number of hydrogen-bond acceptors (Lipinski definition) is 3. The minimum atomic E-state index is 0.295. The number of benzene rings is 1. The van der Waals surface area contributed by atoms with Gasteiger partial charge >= 0.3 is 0 Å². The number of nitrogens with zero attached hydrogens (tertiary/aromatic N) is 1. The maximum absolute atomic E-state index is 4.41. The van der Waals surface area contributed by atoms with Gasteiger partial charge in [-0.05, 0) is 68.8 Å². The van der Waals surface area contributed by atoms with Crippen LogP contribution in [0.25, 0.3) is 0 Å². The molecule has 0 saturated heterocycles. The summed E-state index contributed by atoms with van der Waals surface area (Å²) in [7, 11) is 0. The number of aromatic nitrogens is 1. The lowest BCUT2D eigenvalue weighted by atomic mass is 10.1. The highest BCUT2D eigenvalue weighted by atomic mass is 79.9. The highest BCUT2D eigenvalue weighted by Gasteiger charge is 2.07. The van der Waals surface area contributed by atoms with E-state index in [4.69, 9.17) is 0 Å². The third kappa shape index (κ3) is 4.32. The first kappa shape index (κ1) is 16.0. The molecule has 1 heterocycles. The van der Waals surface area contributed by atoms with Crippen molar-refractivity contribution in [1.29, 1.82) is 0 Å². The van der Waals surface area contributed by atoms with Crippen LogP contribution in [0.3, 0.4) is 0 Å². The molecule has 0 amide bonds. The van der Waals surface area contributed by atoms with Gasteiger partial charge < -0.3 is 5.32 Å². The van der Waals surface area contributed by atoms with Crippen LogP contribution in [-0.2, 0) is 6.54 Å². The van der Waals surface area contributed by atoms with Crippen molar-refractivity contribution in [3.8, 4) is 0 Å². The van der Waals surface area contributed by atoms with Crippen LogP contribution in [0.2, 0.25) is 0 Å². The molecule has 1 unspecified atom stereocenters. The summed E-state index contributed by atoms with van der Waals surface area (Å²) >= 11 is 8.71. The Morgan fingerprint density at radius 2 is 1.95 bits per heavy atom. The van der Waals surface area contributed by atoms with Crippen LogP contribution in [0.1, 0.15) is 24.2 Å². The van der Waals surface area contributed by atoms with Crippen molar-refractivity contribution in [1.82, 2.24) is 10.3 Å². The fourth-order valence-electron chi connectivity index (χ4n) is 1.83. The van der Waals surface area contributed by atoms with Gasteiger partial charge in [-0.2, -0.15) is 0 Å². The molecular formula is C15H16Br2N2S. The Morgan fingerprint density at radius 3 is 2.55 bits per heavy atom. The van der Waals surface area contributed by atoms with E-state index in [0.717, 1.165) is 21.2 Å². The molecule has 0 fully saturated rings. The Hall–Kier alpha value is -0.360. The quantitative estimate of drug-likeness (QED) is 0.681. The van der Waals surface area contributed by atoms with Crippen molar-refractivity contribution in [3.63, 3.8) is 0 Å². The van der Waals surface area contributed by atoms with Gasteiger partial charge in [-0.25, -0.2) is 0 Å². The molecule has 0 aliphatic heterocycles. The second-order valence-corrected chi connectivity index (χ2v) is 7.11. The Bertz CT molecular complexity index is 573. The van der Waals surface area contributed by atoms with Crippen LogP contribution >= 0.6 is 43.6 Å². The second-order valence-electron chi connectivity index (χ2n) is 4.46. The molecule has 1 N–H and O–H groups in total. The van der Waals surface area contributed by atoms with E-state index < -0.39 is 0 Å². The predicted octanol–water partition coefficient (Wildman–Crippen LogP) is 5.18. The second kappa shape index (κ2) is 7.59. The van der Waals surface area contributed by atoms with Crippen molar-refractivity contribution in [3.05, 3.63) is 56.7 Å². The molecule has 0 bridgehead atoms. The Kier molecular flexibility index (Phi) is 6.08. The first-order valence-electron chi connectivity index (χ1n) is 6.27. The standard InChI is InChI=1S/C15H16Br2N2S/c1-10(11-3-5-13(20-2)6-4-11)18-9-15-14(17)7-12(16)8-19-15/h3-8,10,18H,9H2,1-2H3. The van der Waals surface area contributed by atoms with Crippen LogP contribution < -0.4 is 5.32 Å². The summed E-state index contributed by atoms with van der Waals surface area (Å²) in [5.41, 5.74) is 2.30. The monoisotopic (exact) mass is 414 g/mol. The molecule has 2 rings (SSSR count). The topological polar surface area (TPSA) is 24.9 Å². The van der Waals surface area contributed by atoms with Crippen molar-refractivity contribution in [2.24, 2.45) is 0 Å². The molecule has 0 aliphatic rings. The molecule has 0 aliphatic carbocycles. The van der Waals surface area contributed by atoms with Gasteiger partial charge in [0, 0.05) is 32.6 Å². The lowest BCUT2D eigenvalue weighted by Gasteiger charge is -2.15. The Morgan fingerprint density at radius 1 is 1.25 bits per heavy atom. The number of thioether (sulfide) groups is 1. The normalized spacial score (nSPS) is 12.4. The fourth-order valence-corrected chi connectivity index (χ4v) is 3.37. The van der Waals surface area contributed by atoms with E-state index in [1.807, 2.05) is 12.3 Å². The van der Waals surface area contributed by atoms with Gasteiger partial charge in [-0.1, -0.05) is 12.1 Å². The summed E-state index contributed by atoms with van der Waals surface area (Å²) in [6.07, 6.45) is 3.91. The molecular weight excluding hydrogens is 400 g/mol. The van der Waals surface area contributed by atoms with E-state index in [2.05, 4.69) is 79.6 Å². The van der Waals surface area contributed by atoms with E-state index in [1.165, 1.54) is 10.5 Å². The SMILES string of the molecule is CSc1ccc(C(C)NCc2ncc(Br)cc2Br)cc1. The zero-order valence-corrected chi connectivity index (χ0v) is 15.3. The molecule has 1 aromatic heterocycles. The van der Waals surface area contributed by atoms with Crippen LogP contribution in [0.5, 0.6) is 0 Å². The Balaban J connectivity index is 1.98. The lowest BCUT2D eigenvalue weighted by molar-refractivity contribution is 0.566. The minimum Gasteiger partial charge on any atom is -0.305 e. The summed E-state index contributed by atoms with van der Waals surface area (Å²) in [5.74, 6) is 0. The summed E-state index contributed by atoms with van der Waals surface area (Å²) in [5, 5.41) is 3.50. The zero-order valence-electron chi connectivity index (χ0n) is 11.4. The van der Waals surface area contributed by atoms with Crippen molar-refractivity contribution in [2.75, 3.05) is 6.26 Å². The number of rotatable bonds is 5. The zero-order chi connectivity index (χ0) is 14.5. The van der Waals surface area contributed by atoms with Gasteiger partial charge in [0.05, 0.1) is 5.69 Å². The summed E-state index contributed by atoms with van der Waals surface area (Å²) in [4.78, 5) is 5.70. The van der Waals surface area contributed by atoms with Crippen LogP contribution in [0.4, 0.5) is 0 Å². The van der Waals surface area contributed by atoms with E-state index >= 15 is 0 Å². The van der Waals surface area contributed by atoms with Crippen LogP contribution in [0, 0.1) is 0 Å². The minimum absolute atomic E-state index is 0.295. The van der Waals surface area contributed by atoms with Gasteiger partial charge in [0.25, 0.3) is 0 Å². The van der Waals surface area contributed by atoms with Gasteiger partial charge in [-0.15, -0.1) is 11.8 Å². The first-order chi connectivity index (χ1) is 9.60. The highest BCUT2D eigenvalue weighted by molar-refractivity contribution is 9.11. The fraction of sp³-hybridized carbons (Fsp3) is 0.267. The molecule has 0 spiro atoms. The average Bonchev–Trinajstić information content (AvgIpc) is 2.46. The van der Waals surface area contributed by atoms with Crippen molar-refractivity contribution < 1.29 is 0 Å². The van der Waals surface area contributed by atoms with Crippen molar-refractivity contribution in [2.45, 2.75) is 24.4 Å². The molecule has 2 aromatic rings. The van der Waals surface area contributed by atoms with E-state index in [9.17, 15) is 0 Å². The maximum atomic E-state index is 4.41. The highest BCUT2D eigenvalue weighted by Crippen LogP contribution is 2.22. The van der Waals surface area contributed by atoms with E-state index in [1.54, 1.807) is 11.8 Å². The van der Waals surface area contributed by atoms with Gasteiger partial charge in [-0.3, -0.25) is 4.98 Å². The third-order valence-corrected chi connectivity index (χ3v) is 4.94. The molecule has 5 heteroatoms. The van der Waals surface area contributed by atoms with Gasteiger partial charge in [0.15, 0.2) is 0 Å². The van der Waals surface area contributed by atoms with Crippen LogP contribution in [-0.4, -0.2) is 11.2 Å². The first-order valence-corrected chi connectivity index (χ1v) is 9.08. The van der Waals surface area contributed by atoms with E-state index in [-0.39, 0.29) is 0 Å². The molecule has 20 heavy (non-hydrogen) atoms. The summed E-state index contributed by atoms with van der Waals surface area (Å²) < 4.78 is 2.00. The molecule has 0 saturated carbocycles. The lowest BCUT2D eigenvalue weighted by Crippen LogP contribution is -2.19. The molecule has 1 atom stereocenters. The molecule has 106 valence electrons. The van der Waals surface area contributed by atoms with Gasteiger partial charge in [0.1, 0.15) is 0 Å². The Labute approximate surface area is 141 Å².